The SMILES string of the molecule is CCNc1cncc(NCc2ncc(C)s2)n1. The van der Waals surface area contributed by atoms with Gasteiger partial charge in [-0.2, -0.15) is 0 Å². The Morgan fingerprint density at radius 1 is 1.18 bits per heavy atom. The van der Waals surface area contributed by atoms with Gasteiger partial charge < -0.3 is 10.6 Å². The molecule has 0 aliphatic rings. The molecule has 2 heterocycles. The fourth-order valence-electron chi connectivity index (χ4n) is 1.37. The zero-order valence-corrected chi connectivity index (χ0v) is 10.7. The van der Waals surface area contributed by atoms with Crippen molar-refractivity contribution in [2.24, 2.45) is 0 Å². The van der Waals surface area contributed by atoms with E-state index in [1.165, 1.54) is 4.88 Å². The van der Waals surface area contributed by atoms with Crippen molar-refractivity contribution in [2.75, 3.05) is 17.2 Å². The van der Waals surface area contributed by atoms with Crippen molar-refractivity contribution < 1.29 is 0 Å². The van der Waals surface area contributed by atoms with Crippen LogP contribution in [-0.2, 0) is 6.54 Å². The predicted molar refractivity (Wildman–Crippen MR) is 70.4 cm³/mol. The number of nitrogens with zero attached hydrogens (tertiary/aromatic N) is 3. The van der Waals surface area contributed by atoms with Gasteiger partial charge in [0.05, 0.1) is 18.9 Å². The lowest BCUT2D eigenvalue weighted by Gasteiger charge is -2.05. The molecule has 0 bridgehead atoms. The minimum atomic E-state index is 0.683. The van der Waals surface area contributed by atoms with Crippen LogP contribution in [0.3, 0.4) is 0 Å². The van der Waals surface area contributed by atoms with E-state index in [4.69, 9.17) is 0 Å². The normalized spacial score (nSPS) is 10.2. The third-order valence-electron chi connectivity index (χ3n) is 2.08. The number of rotatable bonds is 5. The Bertz CT molecular complexity index is 482. The van der Waals surface area contributed by atoms with Crippen molar-refractivity contribution in [1.29, 1.82) is 0 Å². The lowest BCUT2D eigenvalue weighted by atomic mass is 10.5. The van der Waals surface area contributed by atoms with Gasteiger partial charge in [0, 0.05) is 17.6 Å². The van der Waals surface area contributed by atoms with Crippen LogP contribution in [0.1, 0.15) is 16.8 Å². The zero-order valence-electron chi connectivity index (χ0n) is 9.90. The molecule has 17 heavy (non-hydrogen) atoms. The summed E-state index contributed by atoms with van der Waals surface area (Å²) < 4.78 is 0. The van der Waals surface area contributed by atoms with Crippen molar-refractivity contribution in [2.45, 2.75) is 20.4 Å². The second kappa shape index (κ2) is 5.58. The van der Waals surface area contributed by atoms with E-state index in [9.17, 15) is 0 Å². The summed E-state index contributed by atoms with van der Waals surface area (Å²) in [6.07, 6.45) is 5.30. The van der Waals surface area contributed by atoms with Gasteiger partial charge in [-0.1, -0.05) is 0 Å². The van der Waals surface area contributed by atoms with Crippen LogP contribution < -0.4 is 10.6 Å². The minimum absolute atomic E-state index is 0.683. The molecule has 5 nitrogen and oxygen atoms in total. The van der Waals surface area contributed by atoms with Crippen molar-refractivity contribution in [3.63, 3.8) is 0 Å². The summed E-state index contributed by atoms with van der Waals surface area (Å²) in [5.41, 5.74) is 0. The first kappa shape index (κ1) is 11.8. The molecule has 90 valence electrons. The van der Waals surface area contributed by atoms with Gasteiger partial charge in [-0.15, -0.1) is 11.3 Å². The molecular formula is C11H15N5S. The number of anilines is 2. The van der Waals surface area contributed by atoms with Crippen molar-refractivity contribution >= 4 is 23.0 Å². The van der Waals surface area contributed by atoms with E-state index in [1.807, 2.05) is 20.0 Å². The number of aromatic nitrogens is 3. The third-order valence-corrected chi connectivity index (χ3v) is 3.00. The standard InChI is InChI=1S/C11H15N5S/c1-3-13-9-5-12-6-10(16-9)14-7-11-15-4-8(2)17-11/h4-6H,3,7H2,1-2H3,(H2,13,14,16). The second-order valence-corrected chi connectivity index (χ2v) is 4.86. The largest absolute Gasteiger partial charge is 0.369 e. The average molecular weight is 249 g/mol. The molecule has 0 amide bonds. The third kappa shape index (κ3) is 3.39. The van der Waals surface area contributed by atoms with Crippen LogP contribution >= 0.6 is 11.3 Å². The highest BCUT2D eigenvalue weighted by Gasteiger charge is 2.00. The molecule has 0 unspecified atom stereocenters. The van der Waals surface area contributed by atoms with E-state index in [2.05, 4.69) is 25.6 Å². The molecule has 2 N–H and O–H groups in total. The van der Waals surface area contributed by atoms with Gasteiger partial charge in [-0.3, -0.25) is 4.98 Å². The van der Waals surface area contributed by atoms with E-state index < -0.39 is 0 Å². The summed E-state index contributed by atoms with van der Waals surface area (Å²) in [7, 11) is 0. The summed E-state index contributed by atoms with van der Waals surface area (Å²) >= 11 is 1.68. The molecule has 2 aromatic heterocycles. The first-order valence-corrected chi connectivity index (χ1v) is 6.30. The molecule has 0 aliphatic heterocycles. The van der Waals surface area contributed by atoms with Gasteiger partial charge in [0.1, 0.15) is 16.6 Å². The van der Waals surface area contributed by atoms with Gasteiger partial charge in [-0.25, -0.2) is 9.97 Å². The molecule has 0 saturated heterocycles. The number of aryl methyl sites for hydroxylation is 1. The molecule has 0 fully saturated rings. The van der Waals surface area contributed by atoms with Crippen LogP contribution in [0.15, 0.2) is 18.6 Å². The Morgan fingerprint density at radius 2 is 1.94 bits per heavy atom. The quantitative estimate of drug-likeness (QED) is 0.851. The molecule has 0 aromatic carbocycles. The summed E-state index contributed by atoms with van der Waals surface area (Å²) in [5, 5.41) is 7.38. The Labute approximate surface area is 104 Å². The van der Waals surface area contributed by atoms with E-state index in [0.717, 1.165) is 23.2 Å². The fourth-order valence-corrected chi connectivity index (χ4v) is 2.09. The predicted octanol–water partition coefficient (Wildman–Crippen LogP) is 2.29. The van der Waals surface area contributed by atoms with E-state index in [1.54, 1.807) is 23.7 Å². The number of hydrogen-bond donors (Lipinski definition) is 2. The Kier molecular flexibility index (Phi) is 3.87. The number of hydrogen-bond acceptors (Lipinski definition) is 6. The van der Waals surface area contributed by atoms with Crippen LogP contribution in [0.5, 0.6) is 0 Å². The molecule has 0 spiro atoms. The van der Waals surface area contributed by atoms with Crippen LogP contribution in [-0.4, -0.2) is 21.5 Å². The number of thiazole rings is 1. The molecule has 6 heteroatoms. The number of nitrogens with one attached hydrogen (secondary N) is 2. The molecule has 0 atom stereocenters. The monoisotopic (exact) mass is 249 g/mol. The lowest BCUT2D eigenvalue weighted by molar-refractivity contribution is 1.05. The maximum Gasteiger partial charge on any atom is 0.147 e. The highest BCUT2D eigenvalue weighted by atomic mass is 32.1. The van der Waals surface area contributed by atoms with Crippen molar-refractivity contribution in [3.8, 4) is 0 Å². The van der Waals surface area contributed by atoms with Crippen molar-refractivity contribution in [1.82, 2.24) is 15.0 Å². The zero-order chi connectivity index (χ0) is 12.1. The summed E-state index contributed by atoms with van der Waals surface area (Å²) in [6, 6.07) is 0. The van der Waals surface area contributed by atoms with Crippen LogP contribution in [0, 0.1) is 6.92 Å². The Morgan fingerprint density at radius 3 is 2.59 bits per heavy atom. The summed E-state index contributed by atoms with van der Waals surface area (Å²) in [4.78, 5) is 14.0. The van der Waals surface area contributed by atoms with Crippen LogP contribution in [0.25, 0.3) is 0 Å². The highest BCUT2D eigenvalue weighted by molar-refractivity contribution is 7.11. The minimum Gasteiger partial charge on any atom is -0.369 e. The Balaban J connectivity index is 1.96. The topological polar surface area (TPSA) is 62.7 Å². The van der Waals surface area contributed by atoms with Gasteiger partial charge >= 0.3 is 0 Å². The van der Waals surface area contributed by atoms with Gasteiger partial charge in [0.2, 0.25) is 0 Å². The molecule has 2 aromatic rings. The second-order valence-electron chi connectivity index (χ2n) is 3.54. The molecule has 0 saturated carbocycles. The van der Waals surface area contributed by atoms with E-state index in [-0.39, 0.29) is 0 Å². The first-order chi connectivity index (χ1) is 8.28. The average Bonchev–Trinajstić information content (AvgIpc) is 2.74. The lowest BCUT2D eigenvalue weighted by Crippen LogP contribution is -2.05. The highest BCUT2D eigenvalue weighted by Crippen LogP contribution is 2.13. The fraction of sp³-hybridized carbons (Fsp3) is 0.364. The smallest absolute Gasteiger partial charge is 0.147 e. The van der Waals surface area contributed by atoms with Gasteiger partial charge in [0.15, 0.2) is 0 Å². The molecule has 0 aliphatic carbocycles. The van der Waals surface area contributed by atoms with Crippen molar-refractivity contribution in [3.05, 3.63) is 28.5 Å². The van der Waals surface area contributed by atoms with Crippen LogP contribution in [0.4, 0.5) is 11.6 Å². The molecular weight excluding hydrogens is 234 g/mol. The maximum atomic E-state index is 4.38. The van der Waals surface area contributed by atoms with Gasteiger partial charge in [-0.05, 0) is 13.8 Å². The van der Waals surface area contributed by atoms with E-state index in [0.29, 0.717) is 6.54 Å². The van der Waals surface area contributed by atoms with E-state index >= 15 is 0 Å². The van der Waals surface area contributed by atoms with Crippen LogP contribution in [0.2, 0.25) is 0 Å². The Hall–Kier alpha value is -1.69. The van der Waals surface area contributed by atoms with Gasteiger partial charge in [0.25, 0.3) is 0 Å². The molecule has 2 rings (SSSR count). The summed E-state index contributed by atoms with van der Waals surface area (Å²) in [6.45, 7) is 5.60. The summed E-state index contributed by atoms with van der Waals surface area (Å²) in [5.74, 6) is 1.55. The first-order valence-electron chi connectivity index (χ1n) is 5.49. The maximum absolute atomic E-state index is 4.38. The molecule has 0 radical (unpaired) electrons.